The van der Waals surface area contributed by atoms with Gasteiger partial charge in [-0.3, -0.25) is 4.79 Å². The van der Waals surface area contributed by atoms with Gasteiger partial charge in [-0.25, -0.2) is 0 Å². The molecule has 0 spiro atoms. The molecule has 0 radical (unpaired) electrons. The first-order valence-electron chi connectivity index (χ1n) is 4.87. The minimum atomic E-state index is -0.0889. The molecular weight excluding hydrogens is 166 g/mol. The lowest BCUT2D eigenvalue weighted by atomic mass is 10.1. The fourth-order valence-corrected chi connectivity index (χ4v) is 1.39. The van der Waals surface area contributed by atoms with Crippen LogP contribution in [-0.2, 0) is 9.53 Å². The second-order valence-corrected chi connectivity index (χ2v) is 3.13. The van der Waals surface area contributed by atoms with E-state index in [1.807, 2.05) is 6.92 Å². The maximum atomic E-state index is 11.0. The maximum Gasteiger partial charge on any atom is 0.306 e. The van der Waals surface area contributed by atoms with Crippen molar-refractivity contribution in [3.63, 3.8) is 0 Å². The van der Waals surface area contributed by atoms with E-state index in [2.05, 4.69) is 11.4 Å². The van der Waals surface area contributed by atoms with Crippen molar-refractivity contribution in [1.29, 1.82) is 0 Å². The minimum Gasteiger partial charge on any atom is -0.466 e. The van der Waals surface area contributed by atoms with Gasteiger partial charge in [0.2, 0.25) is 0 Å². The molecule has 0 fully saturated rings. The van der Waals surface area contributed by atoms with Crippen molar-refractivity contribution in [3.8, 4) is 0 Å². The van der Waals surface area contributed by atoms with E-state index < -0.39 is 0 Å². The smallest absolute Gasteiger partial charge is 0.306 e. The summed E-state index contributed by atoms with van der Waals surface area (Å²) >= 11 is 0. The van der Waals surface area contributed by atoms with Crippen LogP contribution in [-0.4, -0.2) is 25.7 Å². The van der Waals surface area contributed by atoms with Crippen molar-refractivity contribution in [3.05, 3.63) is 11.6 Å². The molecule has 0 atom stereocenters. The molecule has 13 heavy (non-hydrogen) atoms. The van der Waals surface area contributed by atoms with Crippen molar-refractivity contribution in [1.82, 2.24) is 5.32 Å². The molecule has 0 aromatic rings. The van der Waals surface area contributed by atoms with Gasteiger partial charge in [0.25, 0.3) is 0 Å². The van der Waals surface area contributed by atoms with Crippen LogP contribution in [0.5, 0.6) is 0 Å². The molecule has 3 nitrogen and oxygen atoms in total. The van der Waals surface area contributed by atoms with Crippen LogP contribution in [0.15, 0.2) is 11.6 Å². The zero-order chi connectivity index (χ0) is 9.52. The summed E-state index contributed by atoms with van der Waals surface area (Å²) in [6.45, 7) is 4.30. The van der Waals surface area contributed by atoms with Gasteiger partial charge < -0.3 is 10.1 Å². The third-order valence-electron chi connectivity index (χ3n) is 2.06. The van der Waals surface area contributed by atoms with Crippen LogP contribution in [0.4, 0.5) is 0 Å². The third-order valence-corrected chi connectivity index (χ3v) is 2.06. The van der Waals surface area contributed by atoms with Crippen LogP contribution in [0.25, 0.3) is 0 Å². The van der Waals surface area contributed by atoms with Crippen molar-refractivity contribution in [2.45, 2.75) is 26.2 Å². The van der Waals surface area contributed by atoms with Crippen LogP contribution in [0, 0.1) is 0 Å². The Kier molecular flexibility index (Phi) is 4.54. The molecule has 0 amide bonds. The monoisotopic (exact) mass is 183 g/mol. The van der Waals surface area contributed by atoms with Crippen LogP contribution >= 0.6 is 0 Å². The summed E-state index contributed by atoms with van der Waals surface area (Å²) in [5.74, 6) is -0.0889. The summed E-state index contributed by atoms with van der Waals surface area (Å²) in [6.07, 6.45) is 4.65. The summed E-state index contributed by atoms with van der Waals surface area (Å²) in [6, 6.07) is 0. The highest BCUT2D eigenvalue weighted by molar-refractivity contribution is 5.69. The highest BCUT2D eigenvalue weighted by Gasteiger charge is 2.06. The van der Waals surface area contributed by atoms with E-state index in [-0.39, 0.29) is 5.97 Å². The Morgan fingerprint density at radius 1 is 1.69 bits per heavy atom. The average Bonchev–Trinajstić information content (AvgIpc) is 2.17. The Labute approximate surface area is 79.2 Å². The van der Waals surface area contributed by atoms with Crippen molar-refractivity contribution < 1.29 is 9.53 Å². The van der Waals surface area contributed by atoms with Crippen LogP contribution < -0.4 is 5.32 Å². The second kappa shape index (κ2) is 5.75. The molecule has 3 heteroatoms. The van der Waals surface area contributed by atoms with Gasteiger partial charge in [-0.05, 0) is 26.3 Å². The second-order valence-electron chi connectivity index (χ2n) is 3.13. The van der Waals surface area contributed by atoms with E-state index in [9.17, 15) is 4.79 Å². The molecule has 0 saturated carbocycles. The normalized spacial score (nSPS) is 16.5. The summed E-state index contributed by atoms with van der Waals surface area (Å²) in [4.78, 5) is 11.0. The molecule has 1 N–H and O–H groups in total. The zero-order valence-corrected chi connectivity index (χ0v) is 8.14. The van der Waals surface area contributed by atoms with E-state index in [4.69, 9.17) is 4.74 Å². The van der Waals surface area contributed by atoms with Gasteiger partial charge in [0, 0.05) is 13.0 Å². The van der Waals surface area contributed by atoms with Crippen LogP contribution in [0.2, 0.25) is 0 Å². The number of nitrogens with one attached hydrogen (secondary N) is 1. The molecule has 1 aliphatic rings. The quantitative estimate of drug-likeness (QED) is 0.526. The van der Waals surface area contributed by atoms with Gasteiger partial charge in [0.05, 0.1) is 6.61 Å². The lowest BCUT2D eigenvalue weighted by Gasteiger charge is -2.13. The highest BCUT2D eigenvalue weighted by atomic mass is 16.5. The van der Waals surface area contributed by atoms with Gasteiger partial charge in [-0.2, -0.15) is 0 Å². The molecule has 0 aromatic heterocycles. The average molecular weight is 183 g/mol. The minimum absolute atomic E-state index is 0.0889. The largest absolute Gasteiger partial charge is 0.466 e. The predicted octanol–water partition coefficient (Wildman–Crippen LogP) is 1.25. The molecule has 0 aliphatic carbocycles. The topological polar surface area (TPSA) is 38.3 Å². The van der Waals surface area contributed by atoms with E-state index in [1.54, 1.807) is 0 Å². The van der Waals surface area contributed by atoms with Crippen molar-refractivity contribution in [2.75, 3.05) is 19.7 Å². The molecular formula is C10H17NO2. The van der Waals surface area contributed by atoms with E-state index in [0.29, 0.717) is 13.0 Å². The lowest BCUT2D eigenvalue weighted by molar-refractivity contribution is -0.143. The molecule has 0 bridgehead atoms. The molecule has 1 heterocycles. The van der Waals surface area contributed by atoms with Crippen LogP contribution in [0.3, 0.4) is 0 Å². The first-order chi connectivity index (χ1) is 6.33. The summed E-state index contributed by atoms with van der Waals surface area (Å²) in [7, 11) is 0. The molecule has 0 unspecified atom stereocenters. The molecule has 74 valence electrons. The fraction of sp³-hybridized carbons (Fsp3) is 0.700. The fourth-order valence-electron chi connectivity index (χ4n) is 1.39. The lowest BCUT2D eigenvalue weighted by Crippen LogP contribution is -2.22. The van der Waals surface area contributed by atoms with Gasteiger partial charge in [-0.15, -0.1) is 0 Å². The number of esters is 1. The first-order valence-corrected chi connectivity index (χ1v) is 4.87. The van der Waals surface area contributed by atoms with E-state index in [1.165, 1.54) is 5.57 Å². The van der Waals surface area contributed by atoms with Gasteiger partial charge in [0.1, 0.15) is 0 Å². The Morgan fingerprint density at radius 2 is 2.54 bits per heavy atom. The molecule has 0 aromatic carbocycles. The molecule has 1 aliphatic heterocycles. The SMILES string of the molecule is CCOC(=O)CCC1=CCCNC1. The Bertz CT molecular complexity index is 199. The first kappa shape index (κ1) is 10.3. The molecule has 1 rings (SSSR count). The summed E-state index contributed by atoms with van der Waals surface area (Å²) in [5, 5.41) is 3.27. The Morgan fingerprint density at radius 3 is 3.15 bits per heavy atom. The number of carbonyl (C=O) groups excluding carboxylic acids is 1. The number of hydrogen-bond acceptors (Lipinski definition) is 3. The predicted molar refractivity (Wildman–Crippen MR) is 51.4 cm³/mol. The van der Waals surface area contributed by atoms with E-state index >= 15 is 0 Å². The van der Waals surface area contributed by atoms with Crippen LogP contribution in [0.1, 0.15) is 26.2 Å². The zero-order valence-electron chi connectivity index (χ0n) is 8.14. The number of rotatable bonds is 4. The number of ether oxygens (including phenoxy) is 1. The summed E-state index contributed by atoms with van der Waals surface area (Å²) in [5.41, 5.74) is 1.33. The van der Waals surface area contributed by atoms with Crippen molar-refractivity contribution >= 4 is 5.97 Å². The Hall–Kier alpha value is -0.830. The van der Waals surface area contributed by atoms with Gasteiger partial charge in [0.15, 0.2) is 0 Å². The Balaban J connectivity index is 2.17. The molecule has 0 saturated heterocycles. The number of carbonyl (C=O) groups is 1. The maximum absolute atomic E-state index is 11.0. The third kappa shape index (κ3) is 4.08. The number of hydrogen-bond donors (Lipinski definition) is 1. The van der Waals surface area contributed by atoms with Crippen molar-refractivity contribution in [2.24, 2.45) is 0 Å². The van der Waals surface area contributed by atoms with E-state index in [0.717, 1.165) is 25.9 Å². The van der Waals surface area contributed by atoms with Gasteiger partial charge in [-0.1, -0.05) is 11.6 Å². The highest BCUT2D eigenvalue weighted by Crippen LogP contribution is 2.08. The standard InChI is InChI=1S/C10H17NO2/c1-2-13-10(12)6-5-9-4-3-7-11-8-9/h4,11H,2-3,5-8H2,1H3. The summed E-state index contributed by atoms with van der Waals surface area (Å²) < 4.78 is 4.85. The van der Waals surface area contributed by atoms with Gasteiger partial charge >= 0.3 is 5.97 Å².